The smallest absolute Gasteiger partial charge is 0.380 e. The minimum absolute atomic E-state index is 0.0440. The molecule has 0 bridgehead atoms. The lowest BCUT2D eigenvalue weighted by molar-refractivity contribution is -0.137. The van der Waals surface area contributed by atoms with E-state index < -0.39 is 23.7 Å². The first-order valence-electron chi connectivity index (χ1n) is 24.2. The molecule has 6 atom stereocenters. The predicted octanol–water partition coefficient (Wildman–Crippen LogP) is 2.62. The number of rotatable bonds is 22. The summed E-state index contributed by atoms with van der Waals surface area (Å²) in [6, 6.07) is 5.27. The van der Waals surface area contributed by atoms with Gasteiger partial charge in [-0.2, -0.15) is 13.2 Å². The average molecular weight is 980 g/mol. The summed E-state index contributed by atoms with van der Waals surface area (Å²) in [5.41, 5.74) is 0.272. The summed E-state index contributed by atoms with van der Waals surface area (Å²) in [6.07, 6.45) is 3.66. The first-order chi connectivity index (χ1) is 33.5. The lowest BCUT2D eigenvalue weighted by atomic mass is 9.79. The first kappa shape index (κ1) is 51.8. The summed E-state index contributed by atoms with van der Waals surface area (Å²) in [5, 5.41) is 18.5. The van der Waals surface area contributed by atoms with Crippen LogP contribution in [0.3, 0.4) is 0 Å². The van der Waals surface area contributed by atoms with Crippen LogP contribution in [0.2, 0.25) is 0 Å². The number of carbonyl (C=O) groups excluding carboxylic acids is 6. The number of anilines is 1. The summed E-state index contributed by atoms with van der Waals surface area (Å²) in [5.74, 6) is -1.78. The first-order valence-corrected chi connectivity index (χ1v) is 24.2. The van der Waals surface area contributed by atoms with Gasteiger partial charge in [0.1, 0.15) is 18.2 Å². The quantitative estimate of drug-likeness (QED) is 0.0796. The van der Waals surface area contributed by atoms with Crippen LogP contribution in [-0.2, 0) is 44.4 Å². The van der Waals surface area contributed by atoms with Gasteiger partial charge in [-0.25, -0.2) is 9.97 Å². The molecule has 2 saturated heterocycles. The van der Waals surface area contributed by atoms with Gasteiger partial charge in [-0.05, 0) is 68.4 Å². The summed E-state index contributed by atoms with van der Waals surface area (Å²) in [6.45, 7) is 5.71. The third-order valence-electron chi connectivity index (χ3n) is 13.5. The van der Waals surface area contributed by atoms with Crippen LogP contribution in [0.5, 0.6) is 0 Å². The van der Waals surface area contributed by atoms with Gasteiger partial charge in [0.25, 0.3) is 0 Å². The Labute approximate surface area is 404 Å². The van der Waals surface area contributed by atoms with Crippen LogP contribution in [0.1, 0.15) is 88.8 Å². The summed E-state index contributed by atoms with van der Waals surface area (Å²) < 4.78 is 51.8. The number of amides is 6. The van der Waals surface area contributed by atoms with Crippen LogP contribution >= 0.6 is 0 Å². The number of pyridine rings is 1. The summed E-state index contributed by atoms with van der Waals surface area (Å²) >= 11 is 0. The molecule has 2 aromatic heterocycles. The predicted molar refractivity (Wildman–Crippen MR) is 249 cm³/mol. The number of likely N-dealkylation sites (tertiary alicyclic amines) is 2. The number of nitrogens with one attached hydrogen (secondary N) is 6. The minimum atomic E-state index is -4.56. The van der Waals surface area contributed by atoms with Crippen molar-refractivity contribution in [3.8, 4) is 0 Å². The number of alkyl halides is 3. The molecule has 3 aromatic rings. The Kier molecular flexibility index (Phi) is 17.6. The molecule has 2 aliphatic carbocycles. The number of ether oxygens (including phenoxy) is 2. The monoisotopic (exact) mass is 979 g/mol. The molecule has 6 N–H and O–H groups in total. The van der Waals surface area contributed by atoms with Gasteiger partial charge in [0, 0.05) is 87.8 Å². The fourth-order valence-corrected chi connectivity index (χ4v) is 9.93. The largest absolute Gasteiger partial charge is 0.416 e. The molecule has 2 saturated carbocycles. The Morgan fingerprint density at radius 2 is 1.57 bits per heavy atom. The number of benzene rings is 1. The van der Waals surface area contributed by atoms with E-state index in [0.717, 1.165) is 24.1 Å². The highest BCUT2D eigenvalue weighted by atomic mass is 19.4. The molecular formula is C48H64F3N11O8. The third kappa shape index (κ3) is 13.4. The molecular weight excluding hydrogens is 916 g/mol. The molecule has 0 radical (unpaired) electrons. The maximum Gasteiger partial charge on any atom is 0.416 e. The molecule has 2 aliphatic heterocycles. The van der Waals surface area contributed by atoms with Crippen molar-refractivity contribution in [2.75, 3.05) is 58.4 Å². The number of hydrogen-bond donors (Lipinski definition) is 6. The Balaban J connectivity index is 0.755. The van der Waals surface area contributed by atoms with Crippen molar-refractivity contribution in [2.24, 2.45) is 11.8 Å². The zero-order valence-electron chi connectivity index (χ0n) is 39.8. The number of hydrogen-bond acceptors (Lipinski definition) is 13. The van der Waals surface area contributed by atoms with Gasteiger partial charge in [-0.15, -0.1) is 0 Å². The van der Waals surface area contributed by atoms with Crippen LogP contribution in [0, 0.1) is 11.8 Å². The van der Waals surface area contributed by atoms with Crippen molar-refractivity contribution in [3.63, 3.8) is 0 Å². The maximum absolute atomic E-state index is 13.9. The standard InChI is InChI=1S/C48H64F3N11O8/c1-28(2)57-32-7-9-39(62-16-10-37(47(62)68)60-44-34-23-31(48(49,50)51)6-8-36(34)55-27-56-44)38(24-32)59-41(64)12-18-69-17-11-40(63)58-33-21-30(22-33)45(66)53-14-19-70-20-15-54-46(67)35-25-42(65)61(3)43(35)29-5-4-13-52-26-29/h4-6,8,13,23,26-28,30,32-33,35,37-39,43,57H,7,9-12,14-22,24-25H2,1-3H3,(H,53,66)(H,54,67)(H,58,63)(H,59,64)(H,55,56,60)/t30?,32-,33?,35+,37+,38-,39+,43-/m1/s1. The number of aromatic nitrogens is 3. The minimum Gasteiger partial charge on any atom is -0.380 e. The van der Waals surface area contributed by atoms with E-state index in [-0.39, 0.29) is 141 Å². The van der Waals surface area contributed by atoms with Crippen molar-refractivity contribution in [3.05, 3.63) is 60.2 Å². The van der Waals surface area contributed by atoms with Crippen LogP contribution in [-0.4, -0.2) is 150 Å². The number of nitrogens with zero attached hydrogens (tertiary/aromatic N) is 5. The molecule has 4 aliphatic rings. The van der Waals surface area contributed by atoms with Gasteiger partial charge >= 0.3 is 6.18 Å². The van der Waals surface area contributed by atoms with E-state index in [4.69, 9.17) is 9.47 Å². The molecule has 4 fully saturated rings. The fourth-order valence-electron chi connectivity index (χ4n) is 9.93. The van der Waals surface area contributed by atoms with Crippen LogP contribution in [0.25, 0.3) is 10.9 Å². The Hall–Kier alpha value is -6.00. The van der Waals surface area contributed by atoms with Gasteiger partial charge < -0.3 is 51.2 Å². The van der Waals surface area contributed by atoms with E-state index in [2.05, 4.69) is 46.9 Å². The zero-order valence-corrected chi connectivity index (χ0v) is 39.8. The topological polar surface area (TPSA) is 238 Å². The Morgan fingerprint density at radius 1 is 0.857 bits per heavy atom. The normalized spacial score (nSPS) is 24.7. The summed E-state index contributed by atoms with van der Waals surface area (Å²) in [7, 11) is 1.68. The highest BCUT2D eigenvalue weighted by Crippen LogP contribution is 2.37. The van der Waals surface area contributed by atoms with Crippen LogP contribution < -0.4 is 31.9 Å². The number of fused-ring (bicyclic) bond motifs is 1. The molecule has 380 valence electrons. The van der Waals surface area contributed by atoms with Crippen LogP contribution in [0.4, 0.5) is 19.0 Å². The molecule has 19 nitrogen and oxygen atoms in total. The van der Waals surface area contributed by atoms with Crippen molar-refractivity contribution in [2.45, 2.75) is 120 Å². The lowest BCUT2D eigenvalue weighted by Crippen LogP contribution is -2.58. The van der Waals surface area contributed by atoms with E-state index >= 15 is 0 Å². The Morgan fingerprint density at radius 3 is 2.27 bits per heavy atom. The fraction of sp³-hybridized carbons (Fsp3) is 0.604. The molecule has 7 rings (SSSR count). The zero-order chi connectivity index (χ0) is 50.0. The third-order valence-corrected chi connectivity index (χ3v) is 13.5. The van der Waals surface area contributed by atoms with Crippen molar-refractivity contribution in [1.82, 2.24) is 51.3 Å². The van der Waals surface area contributed by atoms with Crippen molar-refractivity contribution >= 4 is 52.2 Å². The molecule has 0 unspecified atom stereocenters. The SMILES string of the molecule is CC(C)N[C@@H]1CC[C@H](N2CC[C@H](Nc3ncnc4ccc(C(F)(F)F)cc34)C2=O)[C@H](NC(=O)CCOCCC(=O)NC2CC(C(=O)NCCOCCNC(=O)[C@H]3CC(=O)N(C)[C@@H]3c3cccnc3)C2)C1. The molecule has 70 heavy (non-hydrogen) atoms. The summed E-state index contributed by atoms with van der Waals surface area (Å²) in [4.78, 5) is 93.4. The van der Waals surface area contributed by atoms with E-state index in [0.29, 0.717) is 50.7 Å². The van der Waals surface area contributed by atoms with Gasteiger partial charge in [0.2, 0.25) is 35.4 Å². The average Bonchev–Trinajstić information content (AvgIpc) is 3.82. The van der Waals surface area contributed by atoms with Gasteiger partial charge in [-0.1, -0.05) is 19.9 Å². The second-order valence-electron chi connectivity index (χ2n) is 18.8. The highest BCUT2D eigenvalue weighted by Gasteiger charge is 2.44. The van der Waals surface area contributed by atoms with Crippen molar-refractivity contribution < 1.29 is 51.4 Å². The van der Waals surface area contributed by atoms with E-state index in [9.17, 15) is 41.9 Å². The van der Waals surface area contributed by atoms with E-state index in [1.165, 1.54) is 12.4 Å². The maximum atomic E-state index is 13.9. The van der Waals surface area contributed by atoms with Gasteiger partial charge in [0.05, 0.1) is 61.6 Å². The second kappa shape index (κ2) is 23.7. The lowest BCUT2D eigenvalue weighted by Gasteiger charge is -2.42. The molecule has 0 spiro atoms. The Bertz CT molecular complexity index is 2320. The van der Waals surface area contributed by atoms with Gasteiger partial charge in [0.15, 0.2) is 0 Å². The molecule has 1 aromatic carbocycles. The van der Waals surface area contributed by atoms with Crippen molar-refractivity contribution in [1.29, 1.82) is 0 Å². The number of halogens is 3. The van der Waals surface area contributed by atoms with E-state index in [1.54, 1.807) is 35.3 Å². The molecule has 6 amide bonds. The molecule has 22 heteroatoms. The van der Waals surface area contributed by atoms with Crippen LogP contribution in [0.15, 0.2) is 49.1 Å². The second-order valence-corrected chi connectivity index (χ2v) is 18.8. The number of carbonyl (C=O) groups is 6. The highest BCUT2D eigenvalue weighted by molar-refractivity contribution is 5.93. The van der Waals surface area contributed by atoms with Gasteiger partial charge in [-0.3, -0.25) is 33.8 Å². The van der Waals surface area contributed by atoms with E-state index in [1.807, 2.05) is 19.9 Å². The molecule has 4 heterocycles.